The summed E-state index contributed by atoms with van der Waals surface area (Å²) in [5.41, 5.74) is 0.659. The fourth-order valence-electron chi connectivity index (χ4n) is 3.52. The maximum Gasteiger partial charge on any atom is 0.127 e. The van der Waals surface area contributed by atoms with Crippen molar-refractivity contribution in [1.29, 1.82) is 0 Å². The number of benzene rings is 1. The van der Waals surface area contributed by atoms with Crippen molar-refractivity contribution >= 4 is 11.6 Å². The van der Waals surface area contributed by atoms with Crippen molar-refractivity contribution in [3.05, 3.63) is 34.6 Å². The smallest absolute Gasteiger partial charge is 0.127 e. The highest BCUT2D eigenvalue weighted by Gasteiger charge is 2.28. The van der Waals surface area contributed by atoms with Crippen molar-refractivity contribution < 1.29 is 4.39 Å². The van der Waals surface area contributed by atoms with Gasteiger partial charge in [0.1, 0.15) is 5.82 Å². The van der Waals surface area contributed by atoms with Crippen molar-refractivity contribution in [3.8, 4) is 0 Å². The second-order valence-electron chi connectivity index (χ2n) is 6.00. The summed E-state index contributed by atoms with van der Waals surface area (Å²) in [5.74, 6) is 1.29. The van der Waals surface area contributed by atoms with E-state index in [2.05, 4.69) is 12.2 Å². The van der Waals surface area contributed by atoms with E-state index in [1.807, 2.05) is 7.05 Å². The zero-order chi connectivity index (χ0) is 14.5. The molecule has 0 heterocycles. The monoisotopic (exact) mass is 297 g/mol. The Kier molecular flexibility index (Phi) is 5.86. The molecule has 0 bridgehead atoms. The number of hydrogen-bond acceptors (Lipinski definition) is 1. The zero-order valence-corrected chi connectivity index (χ0v) is 13.2. The van der Waals surface area contributed by atoms with Crippen LogP contribution in [0.4, 0.5) is 4.39 Å². The number of likely N-dealkylation sites (N-methyl/N-ethyl adjacent to an activating group) is 1. The van der Waals surface area contributed by atoms with Crippen LogP contribution in [-0.2, 0) is 6.42 Å². The lowest BCUT2D eigenvalue weighted by molar-refractivity contribution is 0.212. The third-order valence-corrected chi connectivity index (χ3v) is 5.18. The minimum atomic E-state index is -0.180. The van der Waals surface area contributed by atoms with Gasteiger partial charge in [0, 0.05) is 16.6 Å². The van der Waals surface area contributed by atoms with Crippen LogP contribution >= 0.6 is 11.6 Å². The van der Waals surface area contributed by atoms with Gasteiger partial charge in [0.25, 0.3) is 0 Å². The molecule has 3 heteroatoms. The van der Waals surface area contributed by atoms with Gasteiger partial charge in [0.2, 0.25) is 0 Å². The summed E-state index contributed by atoms with van der Waals surface area (Å²) in [6.45, 7) is 2.27. The maximum absolute atomic E-state index is 13.9. The minimum absolute atomic E-state index is 0.180. The van der Waals surface area contributed by atoms with Gasteiger partial charge in [0.15, 0.2) is 0 Å². The normalized spacial score (nSPS) is 24.6. The Hall–Kier alpha value is -0.600. The van der Waals surface area contributed by atoms with Gasteiger partial charge >= 0.3 is 0 Å². The molecule has 3 atom stereocenters. The van der Waals surface area contributed by atoms with Gasteiger partial charge in [0.05, 0.1) is 0 Å². The Bertz CT molecular complexity index is 415. The molecule has 0 spiro atoms. The molecule has 1 aliphatic rings. The number of nitrogens with one attached hydrogen (secondary N) is 1. The van der Waals surface area contributed by atoms with Gasteiger partial charge < -0.3 is 5.32 Å². The Balaban J connectivity index is 2.08. The maximum atomic E-state index is 13.9. The predicted molar refractivity (Wildman–Crippen MR) is 83.7 cm³/mol. The van der Waals surface area contributed by atoms with E-state index in [-0.39, 0.29) is 5.82 Å². The highest BCUT2D eigenvalue weighted by atomic mass is 35.5. The Morgan fingerprint density at radius 2 is 2.20 bits per heavy atom. The van der Waals surface area contributed by atoms with Crippen LogP contribution in [0.3, 0.4) is 0 Å². The molecule has 0 aliphatic heterocycles. The second kappa shape index (κ2) is 7.42. The Morgan fingerprint density at radius 3 is 2.85 bits per heavy atom. The summed E-state index contributed by atoms with van der Waals surface area (Å²) >= 11 is 6.16. The minimum Gasteiger partial charge on any atom is -0.316 e. The molecule has 20 heavy (non-hydrogen) atoms. The molecule has 1 fully saturated rings. The van der Waals surface area contributed by atoms with E-state index in [9.17, 15) is 4.39 Å². The SMILES string of the molecule is CCC1CCCC(C(Cc2c(F)cccc2Cl)NC)C1. The second-order valence-corrected chi connectivity index (χ2v) is 6.41. The average Bonchev–Trinajstić information content (AvgIpc) is 2.47. The summed E-state index contributed by atoms with van der Waals surface area (Å²) in [5, 5.41) is 3.94. The van der Waals surface area contributed by atoms with Gasteiger partial charge in [-0.1, -0.05) is 43.9 Å². The summed E-state index contributed by atoms with van der Waals surface area (Å²) in [6, 6.07) is 5.27. The van der Waals surface area contributed by atoms with Crippen LogP contribution in [0.5, 0.6) is 0 Å². The lowest BCUT2D eigenvalue weighted by atomic mass is 9.75. The van der Waals surface area contributed by atoms with Crippen molar-refractivity contribution in [2.45, 2.75) is 51.5 Å². The van der Waals surface area contributed by atoms with E-state index in [0.717, 1.165) is 5.92 Å². The van der Waals surface area contributed by atoms with Gasteiger partial charge in [-0.15, -0.1) is 0 Å². The Labute approximate surface area is 126 Å². The van der Waals surface area contributed by atoms with Crippen LogP contribution < -0.4 is 5.32 Å². The van der Waals surface area contributed by atoms with Crippen LogP contribution in [0, 0.1) is 17.7 Å². The quantitative estimate of drug-likeness (QED) is 0.821. The van der Waals surface area contributed by atoms with Crippen molar-refractivity contribution in [3.63, 3.8) is 0 Å². The largest absolute Gasteiger partial charge is 0.316 e. The fourth-order valence-corrected chi connectivity index (χ4v) is 3.76. The molecule has 2 rings (SSSR count). The lowest BCUT2D eigenvalue weighted by Gasteiger charge is -2.34. The van der Waals surface area contributed by atoms with Gasteiger partial charge in [-0.2, -0.15) is 0 Å². The first-order valence-corrected chi connectivity index (χ1v) is 8.13. The Morgan fingerprint density at radius 1 is 1.40 bits per heavy atom. The third kappa shape index (κ3) is 3.73. The first-order chi connectivity index (χ1) is 9.65. The molecule has 1 nitrogen and oxygen atoms in total. The first-order valence-electron chi connectivity index (χ1n) is 7.75. The van der Waals surface area contributed by atoms with E-state index < -0.39 is 0 Å². The van der Waals surface area contributed by atoms with Crippen LogP contribution in [-0.4, -0.2) is 13.1 Å². The van der Waals surface area contributed by atoms with E-state index in [1.54, 1.807) is 12.1 Å². The van der Waals surface area contributed by atoms with Gasteiger partial charge in [-0.05, 0) is 50.3 Å². The molecule has 112 valence electrons. The lowest BCUT2D eigenvalue weighted by Crippen LogP contribution is -2.38. The third-order valence-electron chi connectivity index (χ3n) is 4.83. The van der Waals surface area contributed by atoms with Gasteiger partial charge in [-0.3, -0.25) is 0 Å². The highest BCUT2D eigenvalue weighted by Crippen LogP contribution is 2.34. The van der Waals surface area contributed by atoms with Crippen LogP contribution in [0.1, 0.15) is 44.6 Å². The molecule has 0 aromatic heterocycles. The predicted octanol–water partition coefficient (Wildman–Crippen LogP) is 4.83. The molecule has 1 aromatic rings. The summed E-state index contributed by atoms with van der Waals surface area (Å²) in [7, 11) is 1.98. The van der Waals surface area contributed by atoms with E-state index in [4.69, 9.17) is 11.6 Å². The molecule has 0 amide bonds. The highest BCUT2D eigenvalue weighted by molar-refractivity contribution is 6.31. The molecule has 1 saturated carbocycles. The van der Waals surface area contributed by atoms with Crippen LogP contribution in [0.15, 0.2) is 18.2 Å². The van der Waals surface area contributed by atoms with Crippen molar-refractivity contribution in [1.82, 2.24) is 5.32 Å². The summed E-state index contributed by atoms with van der Waals surface area (Å²) in [6.07, 6.45) is 7.09. The molecule has 1 aliphatic carbocycles. The molecular formula is C17H25ClFN. The van der Waals surface area contributed by atoms with Crippen LogP contribution in [0.2, 0.25) is 5.02 Å². The standard InChI is InChI=1S/C17H25ClFN/c1-3-12-6-4-7-13(10-12)17(20-2)11-14-15(18)8-5-9-16(14)19/h5,8-9,12-13,17,20H,3-4,6-7,10-11H2,1-2H3. The first kappa shape index (κ1) is 15.8. The molecule has 0 saturated heterocycles. The van der Waals surface area contributed by atoms with E-state index in [0.29, 0.717) is 29.0 Å². The van der Waals surface area contributed by atoms with E-state index >= 15 is 0 Å². The summed E-state index contributed by atoms with van der Waals surface area (Å²) in [4.78, 5) is 0. The molecule has 3 unspecified atom stereocenters. The van der Waals surface area contributed by atoms with Crippen molar-refractivity contribution in [2.24, 2.45) is 11.8 Å². The van der Waals surface area contributed by atoms with Gasteiger partial charge in [-0.25, -0.2) is 4.39 Å². The molecule has 1 N–H and O–H groups in total. The van der Waals surface area contributed by atoms with Crippen molar-refractivity contribution in [2.75, 3.05) is 7.05 Å². The number of halogens is 2. The molecule has 1 aromatic carbocycles. The molecular weight excluding hydrogens is 273 g/mol. The topological polar surface area (TPSA) is 12.0 Å². The van der Waals surface area contributed by atoms with Crippen LogP contribution in [0.25, 0.3) is 0 Å². The van der Waals surface area contributed by atoms with E-state index in [1.165, 1.54) is 38.2 Å². The summed E-state index contributed by atoms with van der Waals surface area (Å²) < 4.78 is 13.9. The zero-order valence-electron chi connectivity index (χ0n) is 12.5. The average molecular weight is 298 g/mol. The fraction of sp³-hybridized carbons (Fsp3) is 0.647. The number of rotatable bonds is 5. The number of hydrogen-bond donors (Lipinski definition) is 1. The molecule has 0 radical (unpaired) electrons.